The smallest absolute Gasteiger partial charge is 0.339 e. The third-order valence-electron chi connectivity index (χ3n) is 3.14. The number of carbonyl (C=O) groups excluding carboxylic acids is 1. The van der Waals surface area contributed by atoms with Crippen molar-refractivity contribution in [3.63, 3.8) is 0 Å². The fourth-order valence-electron chi connectivity index (χ4n) is 2.06. The maximum absolute atomic E-state index is 11.5. The Balaban J connectivity index is 2.12. The van der Waals surface area contributed by atoms with E-state index in [-0.39, 0.29) is 5.97 Å². The molecule has 100 valence electrons. The summed E-state index contributed by atoms with van der Waals surface area (Å²) in [6.07, 6.45) is 1.62. The number of esters is 1. The molecule has 0 spiro atoms. The van der Waals surface area contributed by atoms with E-state index < -0.39 is 0 Å². The molecule has 0 fully saturated rings. The fourth-order valence-corrected chi connectivity index (χ4v) is 2.06. The third kappa shape index (κ3) is 2.03. The Bertz CT molecular complexity index is 793. The number of fused-ring (bicyclic) bond motifs is 1. The highest BCUT2D eigenvalue weighted by atomic mass is 16.5. The van der Waals surface area contributed by atoms with E-state index >= 15 is 0 Å². The van der Waals surface area contributed by atoms with Gasteiger partial charge in [-0.05, 0) is 24.6 Å². The van der Waals surface area contributed by atoms with Crippen LogP contribution in [0.3, 0.4) is 0 Å². The third-order valence-corrected chi connectivity index (χ3v) is 3.14. The van der Waals surface area contributed by atoms with E-state index in [0.29, 0.717) is 17.0 Å². The summed E-state index contributed by atoms with van der Waals surface area (Å²) in [7, 11) is 1.35. The van der Waals surface area contributed by atoms with Crippen LogP contribution < -0.4 is 0 Å². The Kier molecular flexibility index (Phi) is 2.95. The molecule has 0 radical (unpaired) electrons. The van der Waals surface area contributed by atoms with Crippen molar-refractivity contribution in [2.24, 2.45) is 0 Å². The number of hydrogen-bond donors (Lipinski definition) is 0. The first kappa shape index (κ1) is 12.3. The molecule has 0 aliphatic carbocycles. The SMILES string of the molecule is COC(=O)c1ccc2nc(-c3ccccc3C)nn2c1. The lowest BCUT2D eigenvalue weighted by atomic mass is 10.1. The minimum absolute atomic E-state index is 0.389. The number of hydrogen-bond acceptors (Lipinski definition) is 4. The Hall–Kier alpha value is -2.69. The number of nitrogens with zero attached hydrogens (tertiary/aromatic N) is 3. The summed E-state index contributed by atoms with van der Waals surface area (Å²) in [4.78, 5) is 16.0. The molecule has 3 rings (SSSR count). The average Bonchev–Trinajstić information content (AvgIpc) is 2.89. The number of ether oxygens (including phenoxy) is 1. The number of aromatic nitrogens is 3. The molecule has 3 aromatic rings. The second-order valence-electron chi connectivity index (χ2n) is 4.46. The van der Waals surface area contributed by atoms with Gasteiger partial charge in [0.15, 0.2) is 11.5 Å². The molecule has 1 aromatic carbocycles. The van der Waals surface area contributed by atoms with Crippen molar-refractivity contribution >= 4 is 11.6 Å². The topological polar surface area (TPSA) is 56.5 Å². The van der Waals surface area contributed by atoms with Crippen molar-refractivity contribution in [3.8, 4) is 11.4 Å². The number of methoxy groups -OCH3 is 1. The van der Waals surface area contributed by atoms with E-state index in [0.717, 1.165) is 11.1 Å². The van der Waals surface area contributed by atoms with E-state index in [1.165, 1.54) is 7.11 Å². The van der Waals surface area contributed by atoms with Crippen molar-refractivity contribution < 1.29 is 9.53 Å². The largest absolute Gasteiger partial charge is 0.465 e. The molecule has 2 aromatic heterocycles. The van der Waals surface area contributed by atoms with Crippen molar-refractivity contribution in [1.29, 1.82) is 0 Å². The second-order valence-corrected chi connectivity index (χ2v) is 4.46. The second kappa shape index (κ2) is 4.77. The molecule has 5 heteroatoms. The van der Waals surface area contributed by atoms with Gasteiger partial charge in [0.05, 0.1) is 12.7 Å². The Morgan fingerprint density at radius 1 is 1.20 bits per heavy atom. The molecule has 20 heavy (non-hydrogen) atoms. The quantitative estimate of drug-likeness (QED) is 0.669. The van der Waals surface area contributed by atoms with Crippen LogP contribution in [0.25, 0.3) is 17.0 Å². The number of rotatable bonds is 2. The minimum Gasteiger partial charge on any atom is -0.465 e. The molecular weight excluding hydrogens is 254 g/mol. The first-order chi connectivity index (χ1) is 9.69. The van der Waals surface area contributed by atoms with Crippen LogP contribution in [0.4, 0.5) is 0 Å². The van der Waals surface area contributed by atoms with Gasteiger partial charge in [-0.1, -0.05) is 24.3 Å². The Morgan fingerprint density at radius 3 is 2.75 bits per heavy atom. The van der Waals surface area contributed by atoms with E-state index in [9.17, 15) is 4.79 Å². The van der Waals surface area contributed by atoms with Gasteiger partial charge in [-0.25, -0.2) is 14.3 Å². The molecule has 0 saturated heterocycles. The van der Waals surface area contributed by atoms with Gasteiger partial charge in [-0.15, -0.1) is 5.10 Å². The lowest BCUT2D eigenvalue weighted by Gasteiger charge is -1.99. The molecule has 0 aliphatic rings. The van der Waals surface area contributed by atoms with Gasteiger partial charge >= 0.3 is 5.97 Å². The van der Waals surface area contributed by atoms with Crippen LogP contribution in [-0.2, 0) is 4.74 Å². The van der Waals surface area contributed by atoms with E-state index in [2.05, 4.69) is 10.1 Å². The lowest BCUT2D eigenvalue weighted by Crippen LogP contribution is -2.03. The first-order valence-electron chi connectivity index (χ1n) is 6.20. The summed E-state index contributed by atoms with van der Waals surface area (Å²) >= 11 is 0. The zero-order valence-corrected chi connectivity index (χ0v) is 11.2. The highest BCUT2D eigenvalue weighted by Gasteiger charge is 2.11. The molecule has 5 nitrogen and oxygen atoms in total. The molecule has 0 unspecified atom stereocenters. The molecule has 0 bridgehead atoms. The van der Waals surface area contributed by atoms with Crippen LogP contribution in [0, 0.1) is 6.92 Å². The fraction of sp³-hybridized carbons (Fsp3) is 0.133. The van der Waals surface area contributed by atoms with Gasteiger partial charge < -0.3 is 4.74 Å². The van der Waals surface area contributed by atoms with Crippen LogP contribution >= 0.6 is 0 Å². The number of aryl methyl sites for hydroxylation is 1. The van der Waals surface area contributed by atoms with Crippen LogP contribution in [-0.4, -0.2) is 27.7 Å². The summed E-state index contributed by atoms with van der Waals surface area (Å²) < 4.78 is 6.29. The zero-order chi connectivity index (χ0) is 14.1. The lowest BCUT2D eigenvalue weighted by molar-refractivity contribution is 0.0600. The van der Waals surface area contributed by atoms with Crippen LogP contribution in [0.15, 0.2) is 42.6 Å². The van der Waals surface area contributed by atoms with E-state index in [4.69, 9.17) is 4.74 Å². The van der Waals surface area contributed by atoms with Crippen LogP contribution in [0.2, 0.25) is 0 Å². The summed E-state index contributed by atoms with van der Waals surface area (Å²) in [5, 5.41) is 4.42. The highest BCUT2D eigenvalue weighted by Crippen LogP contribution is 2.20. The normalized spacial score (nSPS) is 10.7. The minimum atomic E-state index is -0.389. The number of carbonyl (C=O) groups is 1. The predicted octanol–water partition coefficient (Wildman–Crippen LogP) is 2.49. The van der Waals surface area contributed by atoms with Gasteiger partial charge in [0.1, 0.15) is 0 Å². The van der Waals surface area contributed by atoms with Crippen molar-refractivity contribution in [3.05, 3.63) is 53.7 Å². The molecule has 2 heterocycles. The van der Waals surface area contributed by atoms with Crippen LogP contribution in [0.5, 0.6) is 0 Å². The zero-order valence-electron chi connectivity index (χ0n) is 11.2. The monoisotopic (exact) mass is 267 g/mol. The van der Waals surface area contributed by atoms with Crippen molar-refractivity contribution in [2.75, 3.05) is 7.11 Å². The van der Waals surface area contributed by atoms with E-state index in [1.54, 1.807) is 22.8 Å². The first-order valence-corrected chi connectivity index (χ1v) is 6.20. The van der Waals surface area contributed by atoms with Crippen molar-refractivity contribution in [1.82, 2.24) is 14.6 Å². The predicted molar refractivity (Wildman–Crippen MR) is 74.5 cm³/mol. The van der Waals surface area contributed by atoms with Crippen molar-refractivity contribution in [2.45, 2.75) is 6.92 Å². The molecule has 0 atom stereocenters. The Labute approximate surface area is 115 Å². The molecule has 0 amide bonds. The van der Waals surface area contributed by atoms with E-state index in [1.807, 2.05) is 31.2 Å². The molecular formula is C15H13N3O2. The van der Waals surface area contributed by atoms with Gasteiger partial charge in [0, 0.05) is 11.8 Å². The van der Waals surface area contributed by atoms with Gasteiger partial charge in [0.2, 0.25) is 0 Å². The summed E-state index contributed by atoms with van der Waals surface area (Å²) in [5.41, 5.74) is 3.23. The highest BCUT2D eigenvalue weighted by molar-refractivity contribution is 5.89. The average molecular weight is 267 g/mol. The molecule has 0 N–H and O–H groups in total. The Morgan fingerprint density at radius 2 is 2.00 bits per heavy atom. The maximum atomic E-state index is 11.5. The molecule has 0 aliphatic heterocycles. The number of benzene rings is 1. The summed E-state index contributed by atoms with van der Waals surface area (Å²) in [6.45, 7) is 2.01. The standard InChI is InChI=1S/C15H13N3O2/c1-10-5-3-4-6-12(10)14-16-13-8-7-11(15(19)20-2)9-18(13)17-14/h3-9H,1-2H3. The number of pyridine rings is 1. The summed E-state index contributed by atoms with van der Waals surface area (Å²) in [5.74, 6) is 0.255. The summed E-state index contributed by atoms with van der Waals surface area (Å²) in [6, 6.07) is 11.3. The van der Waals surface area contributed by atoms with Gasteiger partial charge in [-0.3, -0.25) is 0 Å². The maximum Gasteiger partial charge on any atom is 0.339 e. The molecule has 0 saturated carbocycles. The van der Waals surface area contributed by atoms with Gasteiger partial charge in [0.25, 0.3) is 0 Å². The van der Waals surface area contributed by atoms with Crippen LogP contribution in [0.1, 0.15) is 15.9 Å². The van der Waals surface area contributed by atoms with Gasteiger partial charge in [-0.2, -0.15) is 0 Å².